The number of hydrogen-bond donors (Lipinski definition) is 2. The summed E-state index contributed by atoms with van der Waals surface area (Å²) in [5, 5.41) is 13.2. The molecule has 0 saturated carbocycles. The van der Waals surface area contributed by atoms with E-state index in [1.165, 1.54) is 13.2 Å². The van der Waals surface area contributed by atoms with Crippen LogP contribution in [-0.2, 0) is 11.0 Å². The molecule has 2 N–H and O–H groups in total. The number of ether oxygens (including phenoxy) is 1. The Hall–Kier alpha value is -2.83. The van der Waals surface area contributed by atoms with Gasteiger partial charge in [-0.2, -0.15) is 13.2 Å². The van der Waals surface area contributed by atoms with Crippen LogP contribution in [0.5, 0.6) is 5.75 Å². The number of carbonyl (C=O) groups excluding carboxylic acids is 2. The SMILES string of the molecule is COc1ccc(Cl)cc1NC(=O)CSc1nnc(NC(=O)c2cccc(C(F)(F)F)c2)s1. The molecule has 13 heteroatoms. The largest absolute Gasteiger partial charge is 0.495 e. The Kier molecular flexibility index (Phi) is 7.59. The molecule has 7 nitrogen and oxygen atoms in total. The molecular formula is C19H14ClF3N4O3S2. The number of rotatable bonds is 7. The van der Waals surface area contributed by atoms with Crippen molar-refractivity contribution in [2.75, 3.05) is 23.5 Å². The van der Waals surface area contributed by atoms with Crippen molar-refractivity contribution in [3.05, 3.63) is 58.6 Å². The molecule has 2 amide bonds. The Morgan fingerprint density at radius 3 is 2.66 bits per heavy atom. The van der Waals surface area contributed by atoms with Crippen LogP contribution in [0.3, 0.4) is 0 Å². The highest BCUT2D eigenvalue weighted by Gasteiger charge is 2.31. The maximum absolute atomic E-state index is 12.8. The Balaban J connectivity index is 1.57. The molecule has 0 bridgehead atoms. The lowest BCUT2D eigenvalue weighted by molar-refractivity contribution is -0.137. The van der Waals surface area contributed by atoms with Gasteiger partial charge in [-0.1, -0.05) is 40.8 Å². The quantitative estimate of drug-likeness (QED) is 0.340. The molecule has 0 aliphatic rings. The minimum absolute atomic E-state index is 0.00806. The van der Waals surface area contributed by atoms with Crippen molar-refractivity contribution in [1.82, 2.24) is 10.2 Å². The van der Waals surface area contributed by atoms with Gasteiger partial charge in [-0.05, 0) is 36.4 Å². The molecule has 0 atom stereocenters. The highest BCUT2D eigenvalue weighted by Crippen LogP contribution is 2.31. The average molecular weight is 503 g/mol. The molecule has 3 rings (SSSR count). The van der Waals surface area contributed by atoms with Crippen LogP contribution in [0.2, 0.25) is 5.02 Å². The number of halogens is 4. The fraction of sp³-hybridized carbons (Fsp3) is 0.158. The number of methoxy groups -OCH3 is 1. The summed E-state index contributed by atoms with van der Waals surface area (Å²) in [7, 11) is 1.46. The Morgan fingerprint density at radius 1 is 1.16 bits per heavy atom. The number of nitrogens with zero attached hydrogens (tertiary/aromatic N) is 2. The number of amides is 2. The second-order valence-corrected chi connectivity index (χ2v) is 8.72. The summed E-state index contributed by atoms with van der Waals surface area (Å²) < 4.78 is 44.0. The van der Waals surface area contributed by atoms with Gasteiger partial charge in [0.05, 0.1) is 24.1 Å². The third-order valence-electron chi connectivity index (χ3n) is 3.84. The van der Waals surface area contributed by atoms with Gasteiger partial charge in [-0.15, -0.1) is 10.2 Å². The predicted molar refractivity (Wildman–Crippen MR) is 117 cm³/mol. The van der Waals surface area contributed by atoms with E-state index in [1.54, 1.807) is 18.2 Å². The van der Waals surface area contributed by atoms with Crippen molar-refractivity contribution >= 4 is 57.3 Å². The first-order chi connectivity index (χ1) is 15.2. The second kappa shape index (κ2) is 10.2. The van der Waals surface area contributed by atoms with Gasteiger partial charge in [0, 0.05) is 10.6 Å². The fourth-order valence-corrected chi connectivity index (χ4v) is 4.14. The number of hydrogen-bond acceptors (Lipinski definition) is 7. The summed E-state index contributed by atoms with van der Waals surface area (Å²) in [5.74, 6) is -0.663. The van der Waals surface area contributed by atoms with Crippen LogP contribution in [0.15, 0.2) is 46.8 Å². The molecule has 0 spiro atoms. The zero-order valence-corrected chi connectivity index (χ0v) is 18.6. The summed E-state index contributed by atoms with van der Waals surface area (Å²) in [6.45, 7) is 0. The zero-order chi connectivity index (χ0) is 23.3. The lowest BCUT2D eigenvalue weighted by Gasteiger charge is -2.10. The summed E-state index contributed by atoms with van der Waals surface area (Å²) >= 11 is 7.99. The molecule has 3 aromatic rings. The Morgan fingerprint density at radius 2 is 1.94 bits per heavy atom. The van der Waals surface area contributed by atoms with Crippen molar-refractivity contribution in [3.63, 3.8) is 0 Å². The van der Waals surface area contributed by atoms with Crippen molar-refractivity contribution in [3.8, 4) is 5.75 Å². The minimum Gasteiger partial charge on any atom is -0.495 e. The van der Waals surface area contributed by atoms with Crippen molar-refractivity contribution in [2.45, 2.75) is 10.5 Å². The maximum Gasteiger partial charge on any atom is 0.416 e. The number of aromatic nitrogens is 2. The molecule has 0 aliphatic carbocycles. The van der Waals surface area contributed by atoms with E-state index in [9.17, 15) is 22.8 Å². The smallest absolute Gasteiger partial charge is 0.416 e. The van der Waals surface area contributed by atoms with Gasteiger partial charge in [0.25, 0.3) is 5.91 Å². The lowest BCUT2D eigenvalue weighted by Crippen LogP contribution is -2.14. The van der Waals surface area contributed by atoms with Crippen LogP contribution >= 0.6 is 34.7 Å². The lowest BCUT2D eigenvalue weighted by atomic mass is 10.1. The van der Waals surface area contributed by atoms with E-state index in [1.807, 2.05) is 0 Å². The molecule has 1 heterocycles. The first-order valence-corrected chi connectivity index (χ1v) is 10.9. The van der Waals surface area contributed by atoms with E-state index < -0.39 is 17.6 Å². The third kappa shape index (κ3) is 6.34. The van der Waals surface area contributed by atoms with Gasteiger partial charge in [-0.3, -0.25) is 14.9 Å². The number of alkyl halides is 3. The second-order valence-electron chi connectivity index (χ2n) is 6.09. The van der Waals surface area contributed by atoms with Crippen LogP contribution < -0.4 is 15.4 Å². The normalized spacial score (nSPS) is 11.2. The van der Waals surface area contributed by atoms with E-state index in [0.717, 1.165) is 41.3 Å². The number of benzene rings is 2. The number of nitrogens with one attached hydrogen (secondary N) is 2. The van der Waals surface area contributed by atoms with Gasteiger partial charge in [0.15, 0.2) is 4.34 Å². The molecule has 0 saturated heterocycles. The fourth-order valence-electron chi connectivity index (χ4n) is 2.42. The van der Waals surface area contributed by atoms with Crippen molar-refractivity contribution in [2.24, 2.45) is 0 Å². The van der Waals surface area contributed by atoms with Crippen molar-refractivity contribution in [1.29, 1.82) is 0 Å². The highest BCUT2D eigenvalue weighted by atomic mass is 35.5. The summed E-state index contributed by atoms with van der Waals surface area (Å²) in [6, 6.07) is 8.83. The molecule has 32 heavy (non-hydrogen) atoms. The molecule has 0 unspecified atom stereocenters. The third-order valence-corrected chi connectivity index (χ3v) is 6.05. The zero-order valence-electron chi connectivity index (χ0n) is 16.2. The molecule has 0 aliphatic heterocycles. The van der Waals surface area contributed by atoms with Gasteiger partial charge < -0.3 is 10.1 Å². The number of anilines is 2. The average Bonchev–Trinajstić information content (AvgIpc) is 3.19. The van der Waals surface area contributed by atoms with Gasteiger partial charge in [0.2, 0.25) is 11.0 Å². The van der Waals surface area contributed by atoms with Crippen LogP contribution in [-0.4, -0.2) is 34.9 Å². The summed E-state index contributed by atoms with van der Waals surface area (Å²) in [4.78, 5) is 24.4. The first-order valence-electron chi connectivity index (χ1n) is 8.74. The number of thioether (sulfide) groups is 1. The topological polar surface area (TPSA) is 93.2 Å². The summed E-state index contributed by atoms with van der Waals surface area (Å²) in [5.41, 5.74) is -0.683. The standard InChI is InChI=1S/C19H14ClF3N4O3S2/c1-30-14-6-5-12(20)8-13(14)24-15(28)9-31-18-27-26-17(32-18)25-16(29)10-3-2-4-11(7-10)19(21,22)23/h2-8H,9H2,1H3,(H,24,28)(H,25,26,29). The minimum atomic E-state index is -4.56. The van der Waals surface area contributed by atoms with E-state index in [4.69, 9.17) is 16.3 Å². The van der Waals surface area contributed by atoms with E-state index in [-0.39, 0.29) is 22.4 Å². The van der Waals surface area contributed by atoms with Crippen molar-refractivity contribution < 1.29 is 27.5 Å². The van der Waals surface area contributed by atoms with Gasteiger partial charge in [0.1, 0.15) is 5.75 Å². The molecule has 1 aromatic heterocycles. The Bertz CT molecular complexity index is 1140. The number of carbonyl (C=O) groups is 2. The molecular weight excluding hydrogens is 489 g/mol. The van der Waals surface area contributed by atoms with Gasteiger partial charge in [-0.25, -0.2) is 0 Å². The van der Waals surface area contributed by atoms with E-state index >= 15 is 0 Å². The predicted octanol–water partition coefficient (Wildman–Crippen LogP) is 5.20. The van der Waals surface area contributed by atoms with Crippen LogP contribution in [0.25, 0.3) is 0 Å². The molecule has 2 aromatic carbocycles. The molecule has 168 valence electrons. The van der Waals surface area contributed by atoms with E-state index in [0.29, 0.717) is 20.8 Å². The Labute approximate surface area is 193 Å². The molecule has 0 radical (unpaired) electrons. The highest BCUT2D eigenvalue weighted by molar-refractivity contribution is 8.01. The maximum atomic E-state index is 12.8. The molecule has 0 fully saturated rings. The monoisotopic (exact) mass is 502 g/mol. The first kappa shape index (κ1) is 23.8. The van der Waals surface area contributed by atoms with Crippen LogP contribution in [0, 0.1) is 0 Å². The summed E-state index contributed by atoms with van der Waals surface area (Å²) in [6.07, 6.45) is -4.56. The van der Waals surface area contributed by atoms with Crippen LogP contribution in [0.4, 0.5) is 24.0 Å². The van der Waals surface area contributed by atoms with Gasteiger partial charge >= 0.3 is 6.18 Å². The van der Waals surface area contributed by atoms with Crippen LogP contribution in [0.1, 0.15) is 15.9 Å². The van der Waals surface area contributed by atoms with E-state index in [2.05, 4.69) is 20.8 Å².